The summed E-state index contributed by atoms with van der Waals surface area (Å²) in [7, 11) is 1.59. The van der Waals surface area contributed by atoms with Crippen molar-refractivity contribution in [1.82, 2.24) is 19.9 Å². The number of benzene rings is 1. The van der Waals surface area contributed by atoms with Crippen LogP contribution in [0.15, 0.2) is 36.0 Å². The molecule has 1 saturated carbocycles. The Morgan fingerprint density at radius 3 is 2.88 bits per heavy atom. The van der Waals surface area contributed by atoms with Crippen LogP contribution < -0.4 is 20.7 Å². The first-order chi connectivity index (χ1) is 15.5. The van der Waals surface area contributed by atoms with Crippen LogP contribution in [0.5, 0.6) is 5.75 Å². The average molecular weight is 453 g/mol. The molecule has 2 amide bonds. The Morgan fingerprint density at radius 2 is 2.16 bits per heavy atom. The second kappa shape index (κ2) is 8.16. The van der Waals surface area contributed by atoms with Gasteiger partial charge in [0.2, 0.25) is 5.91 Å². The lowest BCUT2D eigenvalue weighted by atomic mass is 10.1. The van der Waals surface area contributed by atoms with Gasteiger partial charge in [-0.15, -0.1) is 0 Å². The van der Waals surface area contributed by atoms with Crippen molar-refractivity contribution in [1.29, 1.82) is 0 Å². The summed E-state index contributed by atoms with van der Waals surface area (Å²) in [5.74, 6) is 1.94. The van der Waals surface area contributed by atoms with Gasteiger partial charge in [0, 0.05) is 29.8 Å². The summed E-state index contributed by atoms with van der Waals surface area (Å²) >= 11 is 6.36. The molecule has 3 heterocycles. The quantitative estimate of drug-likeness (QED) is 0.372. The minimum absolute atomic E-state index is 0.0420. The van der Waals surface area contributed by atoms with Gasteiger partial charge in [0.15, 0.2) is 5.65 Å². The number of imide groups is 1. The fourth-order valence-electron chi connectivity index (χ4n) is 3.52. The highest BCUT2D eigenvalue weighted by molar-refractivity contribution is 6.33. The van der Waals surface area contributed by atoms with Crippen molar-refractivity contribution in [3.63, 3.8) is 0 Å². The van der Waals surface area contributed by atoms with Crippen LogP contribution in [0.4, 0.5) is 17.3 Å². The molecule has 0 atom stereocenters. The van der Waals surface area contributed by atoms with Crippen LogP contribution in [0, 0.1) is 5.92 Å². The zero-order valence-electron chi connectivity index (χ0n) is 17.3. The molecular formula is C22H21ClN6O3. The molecule has 1 aliphatic heterocycles. The summed E-state index contributed by atoms with van der Waals surface area (Å²) in [6.45, 7) is 0.839. The zero-order chi connectivity index (χ0) is 22.2. The maximum Gasteiger partial charge on any atom is 0.254 e. The van der Waals surface area contributed by atoms with Crippen molar-refractivity contribution >= 4 is 52.5 Å². The molecule has 1 aromatic carbocycles. The number of hydrogen-bond acceptors (Lipinski definition) is 7. The Labute approximate surface area is 188 Å². The Bertz CT molecular complexity index is 1260. The molecule has 0 spiro atoms. The molecule has 10 heteroatoms. The van der Waals surface area contributed by atoms with Gasteiger partial charge in [0.25, 0.3) is 5.91 Å². The molecule has 164 valence electrons. The van der Waals surface area contributed by atoms with Gasteiger partial charge in [0.1, 0.15) is 17.4 Å². The topological polar surface area (TPSA) is 110 Å². The number of rotatable bonds is 7. The van der Waals surface area contributed by atoms with Gasteiger partial charge in [-0.05, 0) is 37.0 Å². The van der Waals surface area contributed by atoms with E-state index >= 15 is 0 Å². The molecule has 2 fully saturated rings. The Kier molecular flexibility index (Phi) is 5.18. The van der Waals surface area contributed by atoms with Crippen LogP contribution in [0.1, 0.15) is 24.8 Å². The van der Waals surface area contributed by atoms with Gasteiger partial charge in [-0.25, -0.2) is 4.98 Å². The molecule has 3 N–H and O–H groups in total. The Hall–Kier alpha value is -3.59. The van der Waals surface area contributed by atoms with Crippen LogP contribution in [0.3, 0.4) is 0 Å². The predicted octanol–water partition coefficient (Wildman–Crippen LogP) is 3.39. The molecule has 1 aliphatic carbocycles. The number of ether oxygens (including phenoxy) is 1. The van der Waals surface area contributed by atoms with Crippen LogP contribution in [-0.4, -0.2) is 40.1 Å². The SMILES string of the molecule is COc1ccc(Cl)c(Nc2cc(NCC3CC3)n3ncc(/C=C4\CC(=O)NC4=O)c3n2)c1. The van der Waals surface area contributed by atoms with E-state index in [9.17, 15) is 9.59 Å². The number of halogens is 1. The monoisotopic (exact) mass is 452 g/mol. The smallest absolute Gasteiger partial charge is 0.254 e. The lowest BCUT2D eigenvalue weighted by Crippen LogP contribution is -2.19. The fourth-order valence-corrected chi connectivity index (χ4v) is 3.68. The molecule has 0 radical (unpaired) electrons. The third kappa shape index (κ3) is 4.11. The van der Waals surface area contributed by atoms with Crippen LogP contribution in [0.2, 0.25) is 5.02 Å². The van der Waals surface area contributed by atoms with E-state index in [1.807, 2.05) is 6.07 Å². The first-order valence-electron chi connectivity index (χ1n) is 10.3. The van der Waals surface area contributed by atoms with Gasteiger partial charge >= 0.3 is 0 Å². The van der Waals surface area contributed by atoms with E-state index in [4.69, 9.17) is 21.3 Å². The number of aromatic nitrogens is 3. The number of hydrogen-bond donors (Lipinski definition) is 3. The van der Waals surface area contributed by atoms with E-state index in [-0.39, 0.29) is 18.2 Å². The first-order valence-corrected chi connectivity index (χ1v) is 10.7. The number of nitrogens with one attached hydrogen (secondary N) is 3. The van der Waals surface area contributed by atoms with Gasteiger partial charge < -0.3 is 15.4 Å². The van der Waals surface area contributed by atoms with Crippen LogP contribution in [0.25, 0.3) is 11.7 Å². The summed E-state index contributed by atoms with van der Waals surface area (Å²) in [5, 5.41) is 14.0. The molecule has 1 saturated heterocycles. The van der Waals surface area contributed by atoms with Gasteiger partial charge in [-0.2, -0.15) is 9.61 Å². The zero-order valence-corrected chi connectivity index (χ0v) is 18.1. The predicted molar refractivity (Wildman–Crippen MR) is 121 cm³/mol. The summed E-state index contributed by atoms with van der Waals surface area (Å²) in [6, 6.07) is 7.18. The lowest BCUT2D eigenvalue weighted by Gasteiger charge is -2.13. The largest absolute Gasteiger partial charge is 0.497 e. The van der Waals surface area contributed by atoms with Gasteiger partial charge in [-0.1, -0.05) is 11.6 Å². The number of carbonyl (C=O) groups excluding carboxylic acids is 2. The van der Waals surface area contributed by atoms with Crippen molar-refractivity contribution in [2.24, 2.45) is 5.92 Å². The van der Waals surface area contributed by atoms with E-state index in [2.05, 4.69) is 21.0 Å². The van der Waals surface area contributed by atoms with Gasteiger partial charge in [-0.3, -0.25) is 14.9 Å². The molecule has 5 rings (SSSR count). The summed E-state index contributed by atoms with van der Waals surface area (Å²) < 4.78 is 6.99. The molecule has 2 aromatic heterocycles. The maximum atomic E-state index is 12.0. The number of carbonyl (C=O) groups is 2. The van der Waals surface area contributed by atoms with E-state index in [1.54, 1.807) is 42.1 Å². The molecule has 0 bridgehead atoms. The Morgan fingerprint density at radius 1 is 1.31 bits per heavy atom. The third-order valence-corrected chi connectivity index (χ3v) is 5.76. The van der Waals surface area contributed by atoms with Crippen molar-refractivity contribution in [2.75, 3.05) is 24.3 Å². The number of fused-ring (bicyclic) bond motifs is 1. The molecule has 0 unspecified atom stereocenters. The maximum absolute atomic E-state index is 12.0. The minimum atomic E-state index is -0.390. The number of anilines is 3. The third-order valence-electron chi connectivity index (χ3n) is 5.43. The van der Waals surface area contributed by atoms with Crippen molar-refractivity contribution < 1.29 is 14.3 Å². The first kappa shape index (κ1) is 20.3. The second-order valence-corrected chi connectivity index (χ2v) is 8.29. The fraction of sp³-hybridized carbons (Fsp3) is 0.273. The van der Waals surface area contributed by atoms with Crippen molar-refractivity contribution in [2.45, 2.75) is 19.3 Å². The molecular weight excluding hydrogens is 432 g/mol. The standard InChI is InChI=1S/C22H21ClN6O3/c1-32-15-4-5-16(23)17(8-15)26-18-9-19(24-10-12-2-3-12)29-21(27-18)14(11-25-29)6-13-7-20(30)28-22(13)31/h4-6,8-9,11-12,24H,2-3,7,10H2,1H3,(H,26,27)(H,28,30,31)/b13-6+. The minimum Gasteiger partial charge on any atom is -0.497 e. The van der Waals surface area contributed by atoms with E-state index in [0.29, 0.717) is 45.0 Å². The lowest BCUT2D eigenvalue weighted by molar-refractivity contribution is -0.124. The molecule has 2 aliphatic rings. The highest BCUT2D eigenvalue weighted by Crippen LogP contribution is 2.32. The highest BCUT2D eigenvalue weighted by atomic mass is 35.5. The van der Waals surface area contributed by atoms with E-state index in [0.717, 1.165) is 12.4 Å². The molecule has 32 heavy (non-hydrogen) atoms. The normalized spacial score (nSPS) is 17.1. The van der Waals surface area contributed by atoms with Crippen molar-refractivity contribution in [3.8, 4) is 5.75 Å². The summed E-state index contributed by atoms with van der Waals surface area (Å²) in [4.78, 5) is 28.3. The van der Waals surface area contributed by atoms with Gasteiger partial charge in [0.05, 0.1) is 30.4 Å². The van der Waals surface area contributed by atoms with Crippen LogP contribution >= 0.6 is 11.6 Å². The van der Waals surface area contributed by atoms with Crippen LogP contribution in [-0.2, 0) is 9.59 Å². The number of amides is 2. The molecule has 3 aromatic rings. The number of nitrogens with zero attached hydrogens (tertiary/aromatic N) is 3. The molecule has 9 nitrogen and oxygen atoms in total. The van der Waals surface area contributed by atoms with E-state index < -0.39 is 0 Å². The highest BCUT2D eigenvalue weighted by Gasteiger charge is 2.25. The summed E-state index contributed by atoms with van der Waals surface area (Å²) in [6.07, 6.45) is 5.76. The van der Waals surface area contributed by atoms with Crippen molar-refractivity contribution in [3.05, 3.63) is 46.6 Å². The Balaban J connectivity index is 1.55. The van der Waals surface area contributed by atoms with E-state index in [1.165, 1.54) is 12.8 Å². The average Bonchev–Trinajstić information content (AvgIpc) is 3.44. The number of methoxy groups -OCH3 is 1. The summed E-state index contributed by atoms with van der Waals surface area (Å²) in [5.41, 5.74) is 2.22. The second-order valence-electron chi connectivity index (χ2n) is 7.88.